The Labute approximate surface area is 493 Å². The Morgan fingerprint density at radius 2 is 0.951 bits per heavy atom. The summed E-state index contributed by atoms with van der Waals surface area (Å²) in [5.41, 5.74) is 0. The van der Waals surface area contributed by atoms with Crippen LogP contribution in [-0.4, -0.2) is 116 Å². The molecule has 18 heteroatoms. The molecule has 9 atom stereocenters. The van der Waals surface area contributed by atoms with Crippen molar-refractivity contribution in [2.45, 2.75) is 330 Å². The third-order valence-electron chi connectivity index (χ3n) is 14.6. The van der Waals surface area contributed by atoms with Crippen LogP contribution in [-0.2, 0) is 76.3 Å². The van der Waals surface area contributed by atoms with Gasteiger partial charge in [-0.3, -0.25) is 38.4 Å². The average molecular weight is 1170 g/mol. The molecule has 1 aliphatic heterocycles. The molecule has 474 valence electrons. The van der Waals surface area contributed by atoms with Crippen molar-refractivity contribution < 1.29 is 76.3 Å². The maximum Gasteiger partial charge on any atom is 0.303 e. The first-order chi connectivity index (χ1) is 39.2. The Hall–Kier alpha value is -4.58. The van der Waals surface area contributed by atoms with E-state index < -0.39 is 116 Å². The molecule has 0 aromatic heterocycles. The molecule has 0 aromatic carbocycles. The van der Waals surface area contributed by atoms with Gasteiger partial charge in [0.25, 0.3) is 5.91 Å². The normalized spacial score (nSPS) is 18.5. The lowest BCUT2D eigenvalue weighted by atomic mass is 9.95. The lowest BCUT2D eigenvalue weighted by Gasteiger charge is -2.45. The first-order valence-corrected chi connectivity index (χ1v) is 31.7. The van der Waals surface area contributed by atoms with E-state index in [2.05, 4.69) is 31.4 Å². The molecule has 0 aliphatic carbocycles. The number of allylic oxidation sites excluding steroid dienone is 1. The lowest BCUT2D eigenvalue weighted by Crippen LogP contribution is -2.67. The number of esters is 6. The molecule has 2 N–H and O–H groups in total. The second kappa shape index (κ2) is 47.7. The highest BCUT2D eigenvalue weighted by Crippen LogP contribution is 2.29. The molecule has 1 rings (SSSR count). The van der Waals surface area contributed by atoms with E-state index in [1.807, 2.05) is 12.2 Å². The van der Waals surface area contributed by atoms with E-state index in [1.54, 1.807) is 0 Å². The zero-order chi connectivity index (χ0) is 60.9. The van der Waals surface area contributed by atoms with E-state index in [4.69, 9.17) is 37.9 Å². The van der Waals surface area contributed by atoms with Gasteiger partial charge in [0.2, 0.25) is 5.91 Å². The third-order valence-corrected chi connectivity index (χ3v) is 14.6. The average Bonchev–Trinajstić information content (AvgIpc) is 3.59. The van der Waals surface area contributed by atoms with Gasteiger partial charge in [-0.25, -0.2) is 0 Å². The smallest absolute Gasteiger partial charge is 0.303 e. The van der Waals surface area contributed by atoms with Gasteiger partial charge in [-0.15, -0.1) is 0 Å². The molecule has 2 amide bonds. The maximum atomic E-state index is 14.5. The van der Waals surface area contributed by atoms with Crippen LogP contribution < -0.4 is 10.6 Å². The molecular weight excluding hydrogens is 1050 g/mol. The summed E-state index contributed by atoms with van der Waals surface area (Å²) in [4.78, 5) is 103. The van der Waals surface area contributed by atoms with E-state index in [9.17, 15) is 38.4 Å². The number of rotatable bonds is 49. The van der Waals surface area contributed by atoms with Gasteiger partial charge >= 0.3 is 35.8 Å². The van der Waals surface area contributed by atoms with Crippen LogP contribution >= 0.6 is 0 Å². The zero-order valence-electron chi connectivity index (χ0n) is 52.5. The maximum absolute atomic E-state index is 14.5. The van der Waals surface area contributed by atoms with Gasteiger partial charge < -0.3 is 48.5 Å². The predicted octanol–water partition coefficient (Wildman–Crippen LogP) is 12.7. The Morgan fingerprint density at radius 1 is 0.500 bits per heavy atom. The van der Waals surface area contributed by atoms with Crippen molar-refractivity contribution in [2.24, 2.45) is 5.92 Å². The summed E-state index contributed by atoms with van der Waals surface area (Å²) in [5.74, 6) is -5.08. The number of nitrogens with one attached hydrogen (secondary N) is 2. The van der Waals surface area contributed by atoms with Crippen molar-refractivity contribution >= 4 is 47.6 Å². The van der Waals surface area contributed by atoms with Gasteiger partial charge in [0, 0.05) is 54.9 Å². The molecule has 0 aromatic rings. The summed E-state index contributed by atoms with van der Waals surface area (Å²) >= 11 is 0. The van der Waals surface area contributed by atoms with Crippen LogP contribution in [0.2, 0.25) is 0 Å². The van der Waals surface area contributed by atoms with Crippen LogP contribution in [0, 0.1) is 5.92 Å². The highest BCUT2D eigenvalue weighted by molar-refractivity contribution is 5.83. The van der Waals surface area contributed by atoms with Gasteiger partial charge in [0.05, 0.1) is 12.6 Å². The second-order valence-corrected chi connectivity index (χ2v) is 23.0. The van der Waals surface area contributed by atoms with Crippen LogP contribution in [0.25, 0.3) is 0 Å². The molecule has 0 spiro atoms. The summed E-state index contributed by atoms with van der Waals surface area (Å²) in [5, 5.41) is 5.52. The Balaban J connectivity index is 3.36. The molecule has 0 radical (unpaired) electrons. The Morgan fingerprint density at radius 3 is 1.39 bits per heavy atom. The summed E-state index contributed by atoms with van der Waals surface area (Å²) < 4.78 is 46.5. The largest absolute Gasteiger partial charge is 0.463 e. The molecule has 1 aliphatic rings. The molecule has 1 saturated heterocycles. The monoisotopic (exact) mass is 1160 g/mol. The summed E-state index contributed by atoms with van der Waals surface area (Å²) in [7, 11) is 0. The Kier molecular flexibility index (Phi) is 43.9. The molecule has 0 bridgehead atoms. The van der Waals surface area contributed by atoms with Gasteiger partial charge in [0.15, 0.2) is 30.7 Å². The van der Waals surface area contributed by atoms with Crippen LogP contribution in [0.3, 0.4) is 0 Å². The van der Waals surface area contributed by atoms with Crippen molar-refractivity contribution in [3.8, 4) is 0 Å². The standard InChI is InChI=1S/C64H112N2O16/c1-11-12-13-14-15-16-17-18-19-20-21-22-25-29-32-35-38-41-44-57(78-51(7)70)63(74)66-55(45-76-64-59(65-48(4)67)62(81-54(10)73)61(80-53(9)72)58(82-64)46-75-49(5)68)60(79-52(8)71)56(77-50(6)69)43-40-37-34-31-28-26-23-24-27-30-33-36-39-42-47(2)3/h37,40,47,55-62,64H,11-36,38-39,41-46H2,1-10H3,(H,65,67)(H,66,74). The highest BCUT2D eigenvalue weighted by Gasteiger charge is 2.52. The number of amides is 2. The van der Waals surface area contributed by atoms with Crippen molar-refractivity contribution in [1.82, 2.24) is 10.6 Å². The lowest BCUT2D eigenvalue weighted by molar-refractivity contribution is -0.280. The molecular formula is C64H112N2O16. The third kappa shape index (κ3) is 39.1. The van der Waals surface area contributed by atoms with Crippen molar-refractivity contribution in [3.05, 3.63) is 12.2 Å². The molecule has 82 heavy (non-hydrogen) atoms. The van der Waals surface area contributed by atoms with E-state index in [0.29, 0.717) is 6.42 Å². The number of hydrogen-bond acceptors (Lipinski definition) is 16. The van der Waals surface area contributed by atoms with Gasteiger partial charge in [0.1, 0.15) is 24.9 Å². The Bertz CT molecular complexity index is 1810. The number of ether oxygens (including phenoxy) is 8. The zero-order valence-corrected chi connectivity index (χ0v) is 52.5. The number of carbonyl (C=O) groups is 8. The SMILES string of the molecule is CCCCCCCCCCCCCCCCCCCCC(OC(C)=O)C(=O)NC(COC1OC(COC(C)=O)C(OC(C)=O)C(OC(C)=O)C1NC(C)=O)C(OC(C)=O)C(CC=CCCCCCCCCCCCCC(C)C)OC(C)=O. The summed E-state index contributed by atoms with van der Waals surface area (Å²) in [6, 6.07) is -2.74. The first-order valence-electron chi connectivity index (χ1n) is 31.7. The fourth-order valence-electron chi connectivity index (χ4n) is 10.4. The highest BCUT2D eigenvalue weighted by atomic mass is 16.7. The molecule has 0 saturated carbocycles. The van der Waals surface area contributed by atoms with Crippen molar-refractivity contribution in [3.63, 3.8) is 0 Å². The molecule has 1 heterocycles. The molecule has 18 nitrogen and oxygen atoms in total. The van der Waals surface area contributed by atoms with Gasteiger partial charge in [-0.2, -0.15) is 0 Å². The van der Waals surface area contributed by atoms with E-state index in [-0.39, 0.29) is 12.8 Å². The van der Waals surface area contributed by atoms with Crippen LogP contribution in [0.15, 0.2) is 12.2 Å². The molecule has 1 fully saturated rings. The van der Waals surface area contributed by atoms with Crippen LogP contribution in [0.5, 0.6) is 0 Å². The topological polar surface area (TPSA) is 234 Å². The fraction of sp³-hybridized carbons (Fsp3) is 0.844. The van der Waals surface area contributed by atoms with Gasteiger partial charge in [-0.05, 0) is 31.6 Å². The quantitative estimate of drug-likeness (QED) is 0.0249. The van der Waals surface area contributed by atoms with Crippen LogP contribution in [0.1, 0.15) is 275 Å². The van der Waals surface area contributed by atoms with Crippen LogP contribution in [0.4, 0.5) is 0 Å². The minimum atomic E-state index is -1.58. The summed E-state index contributed by atoms with van der Waals surface area (Å²) in [6.07, 6.45) is 29.9. The predicted molar refractivity (Wildman–Crippen MR) is 316 cm³/mol. The van der Waals surface area contributed by atoms with E-state index >= 15 is 0 Å². The number of carbonyl (C=O) groups excluding carboxylic acids is 8. The van der Waals surface area contributed by atoms with Crippen molar-refractivity contribution in [1.29, 1.82) is 0 Å². The van der Waals surface area contributed by atoms with E-state index in [0.717, 1.165) is 85.0 Å². The first kappa shape index (κ1) is 75.4. The summed E-state index contributed by atoms with van der Waals surface area (Å²) in [6.45, 7) is 13.9. The number of hydrogen-bond donors (Lipinski definition) is 2. The molecule has 9 unspecified atom stereocenters. The van der Waals surface area contributed by atoms with E-state index in [1.165, 1.54) is 156 Å². The minimum Gasteiger partial charge on any atom is -0.463 e. The second-order valence-electron chi connectivity index (χ2n) is 23.0. The minimum absolute atomic E-state index is 0.0608. The van der Waals surface area contributed by atoms with Gasteiger partial charge in [-0.1, -0.05) is 206 Å². The number of unbranched alkanes of at least 4 members (excludes halogenated alkanes) is 27. The van der Waals surface area contributed by atoms with Crippen molar-refractivity contribution in [2.75, 3.05) is 13.2 Å². The fourth-order valence-corrected chi connectivity index (χ4v) is 10.4.